The van der Waals surface area contributed by atoms with E-state index in [1.165, 1.54) is 5.52 Å². The third-order valence-electron chi connectivity index (χ3n) is 5.65. The molecule has 4 aromatic rings. The zero-order valence-corrected chi connectivity index (χ0v) is 18.5. The van der Waals surface area contributed by atoms with E-state index in [1.54, 1.807) is 12.1 Å². The first-order chi connectivity index (χ1) is 15.6. The number of carbonyl (C=O) groups is 1. The van der Waals surface area contributed by atoms with Crippen molar-refractivity contribution >= 4 is 39.9 Å². The van der Waals surface area contributed by atoms with Crippen LogP contribution in [-0.2, 0) is 17.9 Å². The highest BCUT2D eigenvalue weighted by Crippen LogP contribution is 2.26. The van der Waals surface area contributed by atoms with Crippen molar-refractivity contribution in [3.8, 4) is 5.75 Å². The van der Waals surface area contributed by atoms with E-state index in [0.29, 0.717) is 10.8 Å². The number of amides is 1. The Morgan fingerprint density at radius 2 is 1.97 bits per heavy atom. The summed E-state index contributed by atoms with van der Waals surface area (Å²) in [5.74, 6) is 1.46. The number of nitrogens with one attached hydrogen (secondary N) is 1. The van der Waals surface area contributed by atoms with Crippen molar-refractivity contribution < 1.29 is 9.53 Å². The molecule has 32 heavy (non-hydrogen) atoms. The van der Waals surface area contributed by atoms with Gasteiger partial charge < -0.3 is 19.5 Å². The molecule has 2 heterocycles. The predicted octanol–water partition coefficient (Wildman–Crippen LogP) is 5.04. The Hall–Kier alpha value is -3.51. The molecule has 7 heteroatoms. The van der Waals surface area contributed by atoms with Gasteiger partial charge in [0, 0.05) is 29.5 Å². The summed E-state index contributed by atoms with van der Waals surface area (Å²) in [5, 5.41) is 3.59. The molecule has 0 atom stereocenters. The van der Waals surface area contributed by atoms with Crippen molar-refractivity contribution in [3.05, 3.63) is 83.1 Å². The van der Waals surface area contributed by atoms with E-state index in [1.807, 2.05) is 43.3 Å². The van der Waals surface area contributed by atoms with Crippen molar-refractivity contribution in [2.45, 2.75) is 20.0 Å². The minimum absolute atomic E-state index is 0.0704. The van der Waals surface area contributed by atoms with Crippen LogP contribution in [0.3, 0.4) is 0 Å². The standard InChI is InChI=1S/C25H23ClN4O2/c1-17-13-20(9-10-21(17)26)32-16-25(31)27-18-5-4-6-19(14-18)29-11-12-30-23-8-3-2-7-22(23)28-24(30)15-29/h2-10,13-14H,11-12,15-16H2,1H3,(H,27,31). The molecular formula is C25H23ClN4O2. The number of halogens is 1. The number of imidazole rings is 1. The molecule has 0 aliphatic carbocycles. The summed E-state index contributed by atoms with van der Waals surface area (Å²) in [5.41, 5.74) is 4.91. The Morgan fingerprint density at radius 1 is 1.09 bits per heavy atom. The zero-order chi connectivity index (χ0) is 22.1. The van der Waals surface area contributed by atoms with Crippen LogP contribution >= 0.6 is 11.6 Å². The van der Waals surface area contributed by atoms with E-state index in [0.717, 1.165) is 47.9 Å². The Kier molecular flexibility index (Phi) is 5.45. The lowest BCUT2D eigenvalue weighted by atomic mass is 10.2. The molecule has 0 fully saturated rings. The van der Waals surface area contributed by atoms with Crippen LogP contribution in [0.1, 0.15) is 11.4 Å². The van der Waals surface area contributed by atoms with Gasteiger partial charge in [0.25, 0.3) is 5.91 Å². The fraction of sp³-hybridized carbons (Fsp3) is 0.200. The predicted molar refractivity (Wildman–Crippen MR) is 128 cm³/mol. The number of hydrogen-bond acceptors (Lipinski definition) is 4. The highest BCUT2D eigenvalue weighted by Gasteiger charge is 2.20. The van der Waals surface area contributed by atoms with Gasteiger partial charge in [-0.25, -0.2) is 4.98 Å². The van der Waals surface area contributed by atoms with Gasteiger partial charge in [-0.3, -0.25) is 4.79 Å². The zero-order valence-electron chi connectivity index (χ0n) is 17.7. The van der Waals surface area contributed by atoms with Crippen molar-refractivity contribution in [1.29, 1.82) is 0 Å². The molecule has 3 aromatic carbocycles. The highest BCUT2D eigenvalue weighted by atomic mass is 35.5. The number of rotatable bonds is 5. The summed E-state index contributed by atoms with van der Waals surface area (Å²) in [6.07, 6.45) is 0. The van der Waals surface area contributed by atoms with E-state index in [4.69, 9.17) is 21.3 Å². The van der Waals surface area contributed by atoms with Gasteiger partial charge in [0.1, 0.15) is 11.6 Å². The molecule has 0 saturated carbocycles. The molecule has 5 rings (SSSR count). The van der Waals surface area contributed by atoms with Gasteiger partial charge in [-0.2, -0.15) is 0 Å². The van der Waals surface area contributed by atoms with Gasteiger partial charge in [-0.1, -0.05) is 29.8 Å². The Morgan fingerprint density at radius 3 is 2.84 bits per heavy atom. The second-order valence-electron chi connectivity index (χ2n) is 7.89. The van der Waals surface area contributed by atoms with Crippen LogP contribution in [0, 0.1) is 6.92 Å². The largest absolute Gasteiger partial charge is 0.484 e. The molecular weight excluding hydrogens is 424 g/mol. The van der Waals surface area contributed by atoms with Crippen molar-refractivity contribution in [2.24, 2.45) is 0 Å². The second kappa shape index (κ2) is 8.55. The Labute approximate surface area is 191 Å². The summed E-state index contributed by atoms with van der Waals surface area (Å²) in [4.78, 5) is 19.5. The van der Waals surface area contributed by atoms with Crippen LogP contribution in [0.4, 0.5) is 11.4 Å². The number of fused-ring (bicyclic) bond motifs is 3. The molecule has 1 aliphatic heterocycles. The molecule has 0 radical (unpaired) electrons. The molecule has 0 saturated heterocycles. The number of nitrogens with zero attached hydrogens (tertiary/aromatic N) is 3. The fourth-order valence-corrected chi connectivity index (χ4v) is 4.14. The van der Waals surface area contributed by atoms with E-state index >= 15 is 0 Å². The van der Waals surface area contributed by atoms with Crippen molar-refractivity contribution in [1.82, 2.24) is 9.55 Å². The minimum atomic E-state index is -0.213. The average molecular weight is 447 g/mol. The molecule has 0 bridgehead atoms. The molecule has 1 N–H and O–H groups in total. The summed E-state index contributed by atoms with van der Waals surface area (Å²) >= 11 is 6.03. The second-order valence-corrected chi connectivity index (χ2v) is 8.30. The topological polar surface area (TPSA) is 59.4 Å². The number of aryl methyl sites for hydroxylation is 1. The molecule has 0 spiro atoms. The maximum absolute atomic E-state index is 12.4. The quantitative estimate of drug-likeness (QED) is 0.466. The number of ether oxygens (including phenoxy) is 1. The molecule has 6 nitrogen and oxygen atoms in total. The van der Waals surface area contributed by atoms with Gasteiger partial charge in [0.15, 0.2) is 6.61 Å². The lowest BCUT2D eigenvalue weighted by Gasteiger charge is -2.30. The van der Waals surface area contributed by atoms with Crippen LogP contribution in [0.2, 0.25) is 5.02 Å². The van der Waals surface area contributed by atoms with Crippen LogP contribution < -0.4 is 15.0 Å². The van der Waals surface area contributed by atoms with Crippen LogP contribution in [0.15, 0.2) is 66.7 Å². The van der Waals surface area contributed by atoms with E-state index in [9.17, 15) is 4.79 Å². The van der Waals surface area contributed by atoms with Gasteiger partial charge in [-0.15, -0.1) is 0 Å². The number of aromatic nitrogens is 2. The lowest BCUT2D eigenvalue weighted by Crippen LogP contribution is -2.33. The first-order valence-corrected chi connectivity index (χ1v) is 10.9. The number of hydrogen-bond donors (Lipinski definition) is 1. The van der Waals surface area contributed by atoms with Crippen molar-refractivity contribution in [3.63, 3.8) is 0 Å². The van der Waals surface area contributed by atoms with E-state index in [2.05, 4.69) is 33.0 Å². The molecule has 1 aliphatic rings. The van der Waals surface area contributed by atoms with Gasteiger partial charge >= 0.3 is 0 Å². The molecule has 1 aromatic heterocycles. The maximum Gasteiger partial charge on any atom is 0.262 e. The molecule has 0 unspecified atom stereocenters. The highest BCUT2D eigenvalue weighted by molar-refractivity contribution is 6.31. The van der Waals surface area contributed by atoms with Gasteiger partial charge in [-0.05, 0) is 61.0 Å². The number of carbonyl (C=O) groups excluding carboxylic acids is 1. The summed E-state index contributed by atoms with van der Waals surface area (Å²) < 4.78 is 7.88. The maximum atomic E-state index is 12.4. The third kappa shape index (κ3) is 4.14. The normalized spacial score (nSPS) is 13.1. The van der Waals surface area contributed by atoms with Crippen molar-refractivity contribution in [2.75, 3.05) is 23.4 Å². The SMILES string of the molecule is Cc1cc(OCC(=O)Nc2cccc(N3CCn4c(nc5ccccc54)C3)c2)ccc1Cl. The third-order valence-corrected chi connectivity index (χ3v) is 6.08. The minimum Gasteiger partial charge on any atom is -0.484 e. The van der Waals surface area contributed by atoms with Crippen LogP contribution in [0.5, 0.6) is 5.75 Å². The van der Waals surface area contributed by atoms with Crippen LogP contribution in [-0.4, -0.2) is 28.6 Å². The van der Waals surface area contributed by atoms with Crippen LogP contribution in [0.25, 0.3) is 11.0 Å². The summed E-state index contributed by atoms with van der Waals surface area (Å²) in [6, 6.07) is 21.5. The van der Waals surface area contributed by atoms with Gasteiger partial charge in [0.05, 0.1) is 17.6 Å². The fourth-order valence-electron chi connectivity index (χ4n) is 4.02. The first kappa shape index (κ1) is 20.4. The number of para-hydroxylation sites is 2. The average Bonchev–Trinajstić information content (AvgIpc) is 3.18. The van der Waals surface area contributed by atoms with E-state index < -0.39 is 0 Å². The number of anilines is 2. The Balaban J connectivity index is 1.24. The number of benzene rings is 3. The van der Waals surface area contributed by atoms with E-state index in [-0.39, 0.29) is 12.5 Å². The monoisotopic (exact) mass is 446 g/mol. The molecule has 162 valence electrons. The molecule has 1 amide bonds. The summed E-state index contributed by atoms with van der Waals surface area (Å²) in [6.45, 7) is 4.31. The summed E-state index contributed by atoms with van der Waals surface area (Å²) in [7, 11) is 0. The first-order valence-electron chi connectivity index (χ1n) is 10.5. The lowest BCUT2D eigenvalue weighted by molar-refractivity contribution is -0.118. The Bertz CT molecular complexity index is 1300. The smallest absolute Gasteiger partial charge is 0.262 e. The van der Waals surface area contributed by atoms with Gasteiger partial charge in [0.2, 0.25) is 0 Å².